The Kier molecular flexibility index (Phi) is 7.60. The number of rotatable bonds is 3. The Morgan fingerprint density at radius 3 is 2.81 bits per heavy atom. The van der Waals surface area contributed by atoms with Crippen molar-refractivity contribution in [3.8, 4) is 0 Å². The molecule has 0 aliphatic carbocycles. The molecule has 1 N–H and O–H groups in total. The van der Waals surface area contributed by atoms with Gasteiger partial charge in [0.1, 0.15) is 5.60 Å². The fraction of sp³-hybridized carbons (Fsp3) is 0.391. The average Bonchev–Trinajstić information content (AvgIpc) is 3.20. The molecular weight excluding hydrogens is 453 g/mol. The first kappa shape index (κ1) is 24.0. The summed E-state index contributed by atoms with van der Waals surface area (Å²) >= 11 is 1.63. The van der Waals surface area contributed by atoms with E-state index in [0.29, 0.717) is 6.54 Å². The van der Waals surface area contributed by atoms with Crippen LogP contribution in [0, 0.1) is 0 Å². The summed E-state index contributed by atoms with van der Waals surface area (Å²) in [6.45, 7) is 3.25. The lowest BCUT2D eigenvalue weighted by Crippen LogP contribution is -2.43. The summed E-state index contributed by atoms with van der Waals surface area (Å²) in [4.78, 5) is 21.6. The van der Waals surface area contributed by atoms with Crippen molar-refractivity contribution in [1.29, 1.82) is 0 Å². The largest absolute Gasteiger partial charge is 0.369 e. The van der Waals surface area contributed by atoms with Crippen LogP contribution in [0.4, 0.5) is 0 Å². The highest BCUT2D eigenvalue weighted by Gasteiger charge is 2.41. The van der Waals surface area contributed by atoms with E-state index in [9.17, 15) is 4.79 Å². The van der Waals surface area contributed by atoms with Gasteiger partial charge in [0, 0.05) is 30.1 Å². The van der Waals surface area contributed by atoms with Crippen LogP contribution in [-0.4, -0.2) is 42.5 Å². The number of fused-ring (bicyclic) bond motifs is 3. The smallest absolute Gasteiger partial charge is 0.263 e. The van der Waals surface area contributed by atoms with E-state index in [1.165, 1.54) is 10.4 Å². The van der Waals surface area contributed by atoms with E-state index >= 15 is 0 Å². The first-order valence-corrected chi connectivity index (χ1v) is 11.0. The number of thiophene rings is 1. The number of benzene rings is 1. The third kappa shape index (κ3) is 4.45. The molecule has 1 fully saturated rings. The van der Waals surface area contributed by atoms with Crippen LogP contribution >= 0.6 is 36.2 Å². The maximum absolute atomic E-state index is 13.2. The van der Waals surface area contributed by atoms with Crippen molar-refractivity contribution in [2.75, 3.05) is 26.7 Å². The summed E-state index contributed by atoms with van der Waals surface area (Å²) in [5.41, 5.74) is 3.18. The second-order valence-corrected chi connectivity index (χ2v) is 9.01. The lowest BCUT2D eigenvalue weighted by atomic mass is 9.86. The fourth-order valence-electron chi connectivity index (χ4n) is 4.54. The first-order chi connectivity index (χ1) is 14.2. The number of carbonyl (C=O) groups excluding carboxylic acids is 1. The lowest BCUT2D eigenvalue weighted by molar-refractivity contribution is -0.0771. The SMILES string of the molecule is CN(Cc1ccnc2ccccc12)C(=O)c1cc2c(s1)C1(CCNCC1)OCC2.Cl.Cl. The van der Waals surface area contributed by atoms with Crippen molar-refractivity contribution >= 4 is 53.0 Å². The summed E-state index contributed by atoms with van der Waals surface area (Å²) < 4.78 is 6.27. The highest BCUT2D eigenvalue weighted by Crippen LogP contribution is 2.44. The van der Waals surface area contributed by atoms with Gasteiger partial charge in [0.05, 0.1) is 17.0 Å². The summed E-state index contributed by atoms with van der Waals surface area (Å²) in [5.74, 6) is 0.0781. The van der Waals surface area contributed by atoms with Crippen LogP contribution in [0.3, 0.4) is 0 Å². The number of amides is 1. The molecule has 1 aromatic carbocycles. The Hall–Kier alpha value is -1.70. The number of aromatic nitrogens is 1. The number of ether oxygens (including phenoxy) is 1. The number of hydrogen-bond acceptors (Lipinski definition) is 5. The van der Waals surface area contributed by atoms with Gasteiger partial charge in [0.15, 0.2) is 0 Å². The van der Waals surface area contributed by atoms with E-state index in [1.807, 2.05) is 42.4 Å². The van der Waals surface area contributed by atoms with Gasteiger partial charge in [-0.25, -0.2) is 0 Å². The quantitative estimate of drug-likeness (QED) is 0.597. The molecule has 1 spiro atoms. The van der Waals surface area contributed by atoms with Crippen LogP contribution in [0.5, 0.6) is 0 Å². The second-order valence-electron chi connectivity index (χ2n) is 7.96. The molecule has 0 radical (unpaired) electrons. The molecule has 8 heteroatoms. The summed E-state index contributed by atoms with van der Waals surface area (Å²) in [7, 11) is 1.88. The van der Waals surface area contributed by atoms with Gasteiger partial charge in [-0.3, -0.25) is 9.78 Å². The fourth-order valence-corrected chi connectivity index (χ4v) is 5.94. The maximum atomic E-state index is 13.2. The van der Waals surface area contributed by atoms with Crippen molar-refractivity contribution in [2.24, 2.45) is 0 Å². The normalized spacial score (nSPS) is 16.8. The second kappa shape index (κ2) is 9.84. The number of nitrogens with zero attached hydrogens (tertiary/aromatic N) is 2. The Morgan fingerprint density at radius 1 is 1.23 bits per heavy atom. The minimum Gasteiger partial charge on any atom is -0.369 e. The lowest BCUT2D eigenvalue weighted by Gasteiger charge is -2.40. The van der Waals surface area contributed by atoms with Gasteiger partial charge in [-0.1, -0.05) is 18.2 Å². The van der Waals surface area contributed by atoms with Crippen LogP contribution in [0.1, 0.15) is 38.5 Å². The first-order valence-electron chi connectivity index (χ1n) is 10.2. The van der Waals surface area contributed by atoms with E-state index in [-0.39, 0.29) is 36.3 Å². The van der Waals surface area contributed by atoms with Crippen molar-refractivity contribution in [1.82, 2.24) is 15.2 Å². The molecule has 2 aliphatic heterocycles. The van der Waals surface area contributed by atoms with Gasteiger partial charge in [-0.15, -0.1) is 36.2 Å². The topological polar surface area (TPSA) is 54.5 Å². The molecule has 1 saturated heterocycles. The summed E-state index contributed by atoms with van der Waals surface area (Å²) in [6, 6.07) is 12.2. The van der Waals surface area contributed by atoms with E-state index in [1.54, 1.807) is 11.3 Å². The highest BCUT2D eigenvalue weighted by molar-refractivity contribution is 7.14. The van der Waals surface area contributed by atoms with E-state index in [0.717, 1.165) is 60.3 Å². The molecule has 31 heavy (non-hydrogen) atoms. The van der Waals surface area contributed by atoms with Crippen LogP contribution in [0.2, 0.25) is 0 Å². The number of piperidine rings is 1. The molecule has 4 heterocycles. The number of halogens is 2. The standard InChI is InChI=1S/C23H25N3O2S.2ClH/c1-26(15-17-6-10-25-19-5-3-2-4-18(17)19)22(27)20-14-16-7-13-28-23(21(16)29-20)8-11-24-12-9-23;;/h2-6,10,14,24H,7-9,11-13,15H2,1H3;2*1H. The number of hydrogen-bond donors (Lipinski definition) is 1. The molecule has 5 rings (SSSR count). The molecule has 0 unspecified atom stereocenters. The minimum absolute atomic E-state index is 0. The molecule has 2 aliphatic rings. The number of carbonyl (C=O) groups is 1. The highest BCUT2D eigenvalue weighted by atomic mass is 35.5. The molecule has 2 aromatic heterocycles. The predicted octanol–water partition coefficient (Wildman–Crippen LogP) is 4.56. The summed E-state index contributed by atoms with van der Waals surface area (Å²) in [6.07, 6.45) is 4.67. The van der Waals surface area contributed by atoms with Crippen LogP contribution in [-0.2, 0) is 23.3 Å². The van der Waals surface area contributed by atoms with Crippen molar-refractivity contribution in [3.63, 3.8) is 0 Å². The van der Waals surface area contributed by atoms with E-state index < -0.39 is 0 Å². The third-order valence-electron chi connectivity index (χ3n) is 6.09. The Bertz CT molecular complexity index is 1060. The van der Waals surface area contributed by atoms with Crippen LogP contribution in [0.25, 0.3) is 10.9 Å². The van der Waals surface area contributed by atoms with Gasteiger partial charge < -0.3 is 15.0 Å². The van der Waals surface area contributed by atoms with Gasteiger partial charge >= 0.3 is 0 Å². The molecule has 3 aromatic rings. The predicted molar refractivity (Wildman–Crippen MR) is 130 cm³/mol. The van der Waals surface area contributed by atoms with Gasteiger partial charge in [-0.05, 0) is 61.7 Å². The maximum Gasteiger partial charge on any atom is 0.263 e. The van der Waals surface area contributed by atoms with Crippen molar-refractivity contribution in [3.05, 3.63) is 63.5 Å². The molecule has 0 saturated carbocycles. The van der Waals surface area contributed by atoms with Crippen LogP contribution in [0.15, 0.2) is 42.6 Å². The molecule has 1 amide bonds. The van der Waals surface area contributed by atoms with E-state index in [2.05, 4.69) is 22.4 Å². The monoisotopic (exact) mass is 479 g/mol. The van der Waals surface area contributed by atoms with Gasteiger partial charge in [0.2, 0.25) is 0 Å². The number of pyridine rings is 1. The van der Waals surface area contributed by atoms with Crippen molar-refractivity contribution in [2.45, 2.75) is 31.4 Å². The minimum atomic E-state index is -0.193. The molecular formula is C23H27Cl2N3O2S. The van der Waals surface area contributed by atoms with Gasteiger partial charge in [-0.2, -0.15) is 0 Å². The Labute approximate surface area is 199 Å². The zero-order valence-electron chi connectivity index (χ0n) is 17.4. The molecule has 0 bridgehead atoms. The van der Waals surface area contributed by atoms with Crippen molar-refractivity contribution < 1.29 is 9.53 Å². The van der Waals surface area contributed by atoms with Gasteiger partial charge in [0.25, 0.3) is 5.91 Å². The zero-order chi connectivity index (χ0) is 19.8. The Balaban J connectivity index is 0.00000136. The summed E-state index contributed by atoms with van der Waals surface area (Å²) in [5, 5.41) is 4.52. The Morgan fingerprint density at radius 2 is 2.00 bits per heavy atom. The number of para-hydroxylation sites is 1. The van der Waals surface area contributed by atoms with E-state index in [4.69, 9.17) is 4.74 Å². The molecule has 5 nitrogen and oxygen atoms in total. The average molecular weight is 480 g/mol. The molecule has 166 valence electrons. The third-order valence-corrected chi connectivity index (χ3v) is 7.44. The molecule has 0 atom stereocenters. The van der Waals surface area contributed by atoms with Crippen LogP contribution < -0.4 is 5.32 Å². The zero-order valence-corrected chi connectivity index (χ0v) is 19.9. The number of nitrogens with one attached hydrogen (secondary N) is 1.